The van der Waals surface area contributed by atoms with E-state index in [4.69, 9.17) is 9.47 Å². The Morgan fingerprint density at radius 1 is 1.09 bits per heavy atom. The van der Waals surface area contributed by atoms with Crippen LogP contribution < -0.4 is 15.2 Å². The lowest BCUT2D eigenvalue weighted by Crippen LogP contribution is -2.36. The molecule has 2 aliphatic rings. The predicted octanol–water partition coefficient (Wildman–Crippen LogP) is 3.04. The lowest BCUT2D eigenvalue weighted by molar-refractivity contribution is 0.122. The number of benzene rings is 1. The highest BCUT2D eigenvalue weighted by Gasteiger charge is 2.25. The number of H-pyrrole nitrogens is 1. The third-order valence-corrected chi connectivity index (χ3v) is 6.53. The minimum absolute atomic E-state index is 0.111. The fraction of sp³-hybridized carbons (Fsp3) is 0.500. The SMILES string of the molecule is Cc1cc(CC2CCC(Oc3cc(N4CCOCC4)cc4nccnc34)CC2)n[nH]c1=O. The van der Waals surface area contributed by atoms with E-state index in [0.29, 0.717) is 5.92 Å². The van der Waals surface area contributed by atoms with Gasteiger partial charge in [-0.05, 0) is 57.1 Å². The molecule has 0 radical (unpaired) electrons. The molecule has 0 spiro atoms. The highest BCUT2D eigenvalue weighted by molar-refractivity contribution is 5.85. The predicted molar refractivity (Wildman–Crippen MR) is 122 cm³/mol. The van der Waals surface area contributed by atoms with Crippen molar-refractivity contribution >= 4 is 16.7 Å². The molecular formula is C24H29N5O3. The van der Waals surface area contributed by atoms with E-state index in [0.717, 1.165) is 92.1 Å². The number of hydrogen-bond acceptors (Lipinski definition) is 7. The largest absolute Gasteiger partial charge is 0.488 e. The highest BCUT2D eigenvalue weighted by atomic mass is 16.5. The molecule has 32 heavy (non-hydrogen) atoms. The van der Waals surface area contributed by atoms with Crippen molar-refractivity contribution in [3.63, 3.8) is 0 Å². The van der Waals surface area contributed by atoms with Crippen LogP contribution in [0.1, 0.15) is 36.9 Å². The standard InChI is InChI=1S/C24H29N5O3/c1-16-12-18(27-28-24(16)30)13-17-2-4-20(5-3-17)32-22-15-19(29-8-10-31-11-9-29)14-21-23(22)26-7-6-25-21/h6-7,12,14-15,17,20H,2-5,8-11,13H2,1H3,(H,28,30). The normalized spacial score (nSPS) is 21.6. The Kier molecular flexibility index (Phi) is 6.03. The molecule has 1 N–H and O–H groups in total. The van der Waals surface area contributed by atoms with Gasteiger partial charge >= 0.3 is 0 Å². The van der Waals surface area contributed by atoms with Gasteiger partial charge in [0, 0.05) is 42.8 Å². The fourth-order valence-corrected chi connectivity index (χ4v) is 4.71. The average molecular weight is 436 g/mol. The summed E-state index contributed by atoms with van der Waals surface area (Å²) in [4.78, 5) is 22.9. The van der Waals surface area contributed by atoms with Crippen molar-refractivity contribution in [2.24, 2.45) is 5.92 Å². The average Bonchev–Trinajstić information content (AvgIpc) is 2.83. The Balaban J connectivity index is 1.27. The molecule has 1 aliphatic heterocycles. The second-order valence-electron chi connectivity index (χ2n) is 8.80. The maximum Gasteiger partial charge on any atom is 0.267 e. The number of nitrogens with one attached hydrogen (secondary N) is 1. The van der Waals surface area contributed by atoms with Crippen molar-refractivity contribution in [2.45, 2.75) is 45.1 Å². The highest BCUT2D eigenvalue weighted by Crippen LogP contribution is 2.34. The van der Waals surface area contributed by atoms with E-state index in [1.807, 2.05) is 13.0 Å². The third-order valence-electron chi connectivity index (χ3n) is 6.53. The van der Waals surface area contributed by atoms with Crippen LogP contribution in [0.3, 0.4) is 0 Å². The van der Waals surface area contributed by atoms with Crippen LogP contribution in [0.15, 0.2) is 35.4 Å². The molecule has 5 rings (SSSR count). The van der Waals surface area contributed by atoms with Crippen LogP contribution >= 0.6 is 0 Å². The molecule has 168 valence electrons. The van der Waals surface area contributed by atoms with Gasteiger partial charge in [-0.15, -0.1) is 0 Å². The number of morpholine rings is 1. The molecule has 8 heteroatoms. The van der Waals surface area contributed by atoms with Gasteiger partial charge in [-0.25, -0.2) is 10.1 Å². The number of fused-ring (bicyclic) bond motifs is 1. The summed E-state index contributed by atoms with van der Waals surface area (Å²) in [7, 11) is 0. The van der Waals surface area contributed by atoms with Gasteiger partial charge in [0.25, 0.3) is 5.56 Å². The molecule has 3 heterocycles. The summed E-state index contributed by atoms with van der Waals surface area (Å²) >= 11 is 0. The van der Waals surface area contributed by atoms with Crippen LogP contribution in [0, 0.1) is 12.8 Å². The number of aryl methyl sites for hydroxylation is 1. The molecule has 1 saturated heterocycles. The molecule has 0 amide bonds. The Morgan fingerprint density at radius 3 is 2.66 bits per heavy atom. The zero-order chi connectivity index (χ0) is 21.9. The van der Waals surface area contributed by atoms with Crippen molar-refractivity contribution in [1.82, 2.24) is 20.2 Å². The number of rotatable bonds is 5. The maximum atomic E-state index is 11.5. The Morgan fingerprint density at radius 2 is 1.88 bits per heavy atom. The molecule has 0 atom stereocenters. The van der Waals surface area contributed by atoms with Crippen LogP contribution in [0.5, 0.6) is 5.75 Å². The van der Waals surface area contributed by atoms with E-state index >= 15 is 0 Å². The summed E-state index contributed by atoms with van der Waals surface area (Å²) in [6, 6.07) is 6.11. The van der Waals surface area contributed by atoms with Gasteiger partial charge in [0.1, 0.15) is 11.3 Å². The lowest BCUT2D eigenvalue weighted by atomic mass is 9.84. The van der Waals surface area contributed by atoms with E-state index in [1.54, 1.807) is 12.4 Å². The van der Waals surface area contributed by atoms with Crippen molar-refractivity contribution in [3.05, 3.63) is 52.2 Å². The molecule has 0 unspecified atom stereocenters. The van der Waals surface area contributed by atoms with Gasteiger partial charge in [-0.3, -0.25) is 9.78 Å². The number of aromatic amines is 1. The number of ether oxygens (including phenoxy) is 2. The Bertz CT molecular complexity index is 1130. The number of anilines is 1. The topological polar surface area (TPSA) is 93.2 Å². The molecule has 1 saturated carbocycles. The smallest absolute Gasteiger partial charge is 0.267 e. The molecule has 2 fully saturated rings. The van der Waals surface area contributed by atoms with Gasteiger partial charge in [0.15, 0.2) is 0 Å². The first-order valence-corrected chi connectivity index (χ1v) is 11.4. The maximum absolute atomic E-state index is 11.5. The molecule has 1 aliphatic carbocycles. The zero-order valence-corrected chi connectivity index (χ0v) is 18.4. The summed E-state index contributed by atoms with van der Waals surface area (Å²) in [5.74, 6) is 1.38. The first-order valence-electron chi connectivity index (χ1n) is 11.4. The second kappa shape index (κ2) is 9.24. The first kappa shape index (κ1) is 20.9. The summed E-state index contributed by atoms with van der Waals surface area (Å²) in [6.07, 6.45) is 8.67. The molecular weight excluding hydrogens is 406 g/mol. The Hall–Kier alpha value is -3.00. The van der Waals surface area contributed by atoms with Gasteiger partial charge in [0.2, 0.25) is 0 Å². The summed E-state index contributed by atoms with van der Waals surface area (Å²) in [5.41, 5.74) is 4.37. The summed E-state index contributed by atoms with van der Waals surface area (Å²) in [6.45, 7) is 5.04. The van der Waals surface area contributed by atoms with Crippen molar-refractivity contribution in [2.75, 3.05) is 31.2 Å². The number of hydrogen-bond donors (Lipinski definition) is 1. The summed E-state index contributed by atoms with van der Waals surface area (Å²) in [5, 5.41) is 6.80. The van der Waals surface area contributed by atoms with E-state index in [-0.39, 0.29) is 11.7 Å². The van der Waals surface area contributed by atoms with E-state index < -0.39 is 0 Å². The second-order valence-corrected chi connectivity index (χ2v) is 8.80. The minimum Gasteiger partial charge on any atom is -0.488 e. The monoisotopic (exact) mass is 435 g/mol. The summed E-state index contributed by atoms with van der Waals surface area (Å²) < 4.78 is 12.0. The van der Waals surface area contributed by atoms with Gasteiger partial charge in [-0.1, -0.05) is 0 Å². The van der Waals surface area contributed by atoms with Gasteiger partial charge < -0.3 is 14.4 Å². The fourth-order valence-electron chi connectivity index (χ4n) is 4.71. The van der Waals surface area contributed by atoms with E-state index in [1.165, 1.54) is 0 Å². The van der Waals surface area contributed by atoms with Crippen LogP contribution in [0.4, 0.5) is 5.69 Å². The van der Waals surface area contributed by atoms with E-state index in [2.05, 4.69) is 37.2 Å². The quantitative estimate of drug-likeness (QED) is 0.658. The molecule has 8 nitrogen and oxygen atoms in total. The number of aromatic nitrogens is 4. The van der Waals surface area contributed by atoms with Gasteiger partial charge in [0.05, 0.1) is 30.5 Å². The van der Waals surface area contributed by atoms with Crippen LogP contribution in [0.25, 0.3) is 11.0 Å². The van der Waals surface area contributed by atoms with Crippen molar-refractivity contribution < 1.29 is 9.47 Å². The molecule has 3 aromatic rings. The lowest BCUT2D eigenvalue weighted by Gasteiger charge is -2.31. The molecule has 1 aromatic carbocycles. The van der Waals surface area contributed by atoms with Crippen LogP contribution in [-0.4, -0.2) is 52.6 Å². The zero-order valence-electron chi connectivity index (χ0n) is 18.4. The molecule has 2 aromatic heterocycles. The minimum atomic E-state index is -0.111. The molecule has 0 bridgehead atoms. The van der Waals surface area contributed by atoms with Gasteiger partial charge in [-0.2, -0.15) is 5.10 Å². The first-order chi connectivity index (χ1) is 15.7. The van der Waals surface area contributed by atoms with E-state index in [9.17, 15) is 4.79 Å². The number of nitrogens with zero attached hydrogens (tertiary/aromatic N) is 4. The van der Waals surface area contributed by atoms with Crippen molar-refractivity contribution in [3.8, 4) is 5.75 Å². The Labute approximate surface area is 187 Å². The van der Waals surface area contributed by atoms with Crippen LogP contribution in [0.2, 0.25) is 0 Å². The van der Waals surface area contributed by atoms with Crippen LogP contribution in [-0.2, 0) is 11.2 Å². The van der Waals surface area contributed by atoms with Crippen molar-refractivity contribution in [1.29, 1.82) is 0 Å². The third kappa shape index (κ3) is 4.60.